The summed E-state index contributed by atoms with van der Waals surface area (Å²) in [6.07, 6.45) is 5.73. The second-order valence-corrected chi connectivity index (χ2v) is 12.8. The van der Waals surface area contributed by atoms with Crippen LogP contribution in [0.1, 0.15) is 85.6 Å². The van der Waals surface area contributed by atoms with Crippen LogP contribution in [-0.2, 0) is 4.74 Å². The third kappa shape index (κ3) is 6.06. The van der Waals surface area contributed by atoms with Crippen molar-refractivity contribution in [2.75, 3.05) is 55.6 Å². The minimum absolute atomic E-state index is 0.288. The molecule has 0 amide bonds. The molecule has 1 aromatic carbocycles. The molecule has 0 aromatic heterocycles. The van der Waals surface area contributed by atoms with Gasteiger partial charge in [-0.2, -0.15) is 0 Å². The molecule has 4 nitrogen and oxygen atoms in total. The van der Waals surface area contributed by atoms with Crippen LogP contribution in [0.4, 0.5) is 11.4 Å². The maximum absolute atomic E-state index is 6.03. The molecule has 2 heterocycles. The maximum atomic E-state index is 6.03. The van der Waals surface area contributed by atoms with Crippen molar-refractivity contribution in [1.82, 2.24) is 4.90 Å². The molecule has 0 bridgehead atoms. The molecule has 1 saturated carbocycles. The van der Waals surface area contributed by atoms with Gasteiger partial charge in [-0.25, -0.2) is 0 Å². The van der Waals surface area contributed by atoms with Gasteiger partial charge in [0.2, 0.25) is 0 Å². The largest absolute Gasteiger partial charge is 0.372 e. The Labute approximate surface area is 203 Å². The molecule has 2 atom stereocenters. The van der Waals surface area contributed by atoms with Crippen molar-refractivity contribution in [3.63, 3.8) is 0 Å². The summed E-state index contributed by atoms with van der Waals surface area (Å²) in [5, 5.41) is 0. The van der Waals surface area contributed by atoms with E-state index in [4.69, 9.17) is 4.74 Å². The van der Waals surface area contributed by atoms with Crippen molar-refractivity contribution < 1.29 is 4.74 Å². The van der Waals surface area contributed by atoms with Gasteiger partial charge in [0.1, 0.15) is 0 Å². The van der Waals surface area contributed by atoms with Crippen molar-refractivity contribution in [2.24, 2.45) is 10.8 Å². The fourth-order valence-electron chi connectivity index (χ4n) is 7.34. The lowest BCUT2D eigenvalue weighted by Crippen LogP contribution is -2.47. The monoisotopic (exact) mass is 455 g/mol. The molecule has 4 rings (SSSR count). The number of ether oxygens (including phenoxy) is 1. The van der Waals surface area contributed by atoms with E-state index in [-0.39, 0.29) is 12.2 Å². The Bertz CT molecular complexity index is 770. The van der Waals surface area contributed by atoms with E-state index >= 15 is 0 Å². The quantitative estimate of drug-likeness (QED) is 0.530. The summed E-state index contributed by atoms with van der Waals surface area (Å²) in [4.78, 5) is 7.88. The van der Waals surface area contributed by atoms with Crippen molar-refractivity contribution in [1.29, 1.82) is 0 Å². The number of anilines is 2. The molecule has 1 aromatic rings. The number of piperazine rings is 1. The average molecular weight is 456 g/mol. The molecule has 2 saturated heterocycles. The molecule has 186 valence electrons. The Morgan fingerprint density at radius 1 is 0.879 bits per heavy atom. The van der Waals surface area contributed by atoms with Crippen LogP contribution in [0.15, 0.2) is 18.2 Å². The van der Waals surface area contributed by atoms with Crippen LogP contribution < -0.4 is 9.80 Å². The molecule has 3 fully saturated rings. The van der Waals surface area contributed by atoms with Crippen LogP contribution in [0.5, 0.6) is 0 Å². The van der Waals surface area contributed by atoms with Gasteiger partial charge >= 0.3 is 0 Å². The van der Waals surface area contributed by atoms with Gasteiger partial charge in [0, 0.05) is 50.6 Å². The van der Waals surface area contributed by atoms with Crippen LogP contribution in [0, 0.1) is 10.8 Å². The van der Waals surface area contributed by atoms with Crippen molar-refractivity contribution in [2.45, 2.75) is 92.3 Å². The van der Waals surface area contributed by atoms with E-state index in [1.165, 1.54) is 56.7 Å². The van der Waals surface area contributed by atoms with E-state index in [0.29, 0.717) is 16.7 Å². The Balaban J connectivity index is 1.66. The second-order valence-electron chi connectivity index (χ2n) is 12.8. The Morgan fingerprint density at radius 3 is 2.06 bits per heavy atom. The summed E-state index contributed by atoms with van der Waals surface area (Å²) in [5.41, 5.74) is 5.27. The minimum atomic E-state index is 0.288. The Morgan fingerprint density at radius 2 is 1.48 bits per heavy atom. The van der Waals surface area contributed by atoms with Crippen LogP contribution in [-0.4, -0.2) is 62.9 Å². The summed E-state index contributed by atoms with van der Waals surface area (Å²) in [6.45, 7) is 24.5. The van der Waals surface area contributed by atoms with E-state index in [1.54, 1.807) is 5.56 Å². The molecule has 3 aliphatic rings. The van der Waals surface area contributed by atoms with E-state index in [9.17, 15) is 0 Å². The molecule has 0 spiro atoms. The zero-order valence-electron chi connectivity index (χ0n) is 22.5. The van der Waals surface area contributed by atoms with Crippen LogP contribution >= 0.6 is 0 Å². The number of morpholine rings is 1. The first kappa shape index (κ1) is 24.9. The average Bonchev–Trinajstić information content (AvgIpc) is 2.71. The van der Waals surface area contributed by atoms with Gasteiger partial charge in [-0.15, -0.1) is 0 Å². The normalized spacial score (nSPS) is 28.8. The highest BCUT2D eigenvalue weighted by atomic mass is 16.5. The van der Waals surface area contributed by atoms with Crippen LogP contribution in [0.25, 0.3) is 0 Å². The highest BCUT2D eigenvalue weighted by Gasteiger charge is 2.40. The molecule has 2 aliphatic heterocycles. The smallest absolute Gasteiger partial charge is 0.0726 e. The summed E-state index contributed by atoms with van der Waals surface area (Å²) in [6, 6.07) is 7.42. The fourth-order valence-corrected chi connectivity index (χ4v) is 7.34. The third-order valence-corrected chi connectivity index (χ3v) is 8.04. The zero-order valence-corrected chi connectivity index (χ0v) is 22.5. The standard InChI is InChI=1S/C29H49N3O/c1-8-11-30-12-14-31(15-13-30)27-10-9-25(32-19-22(2)33-23(3)20-32)16-26(27)24-17-28(4,5)21-29(6,7)18-24/h9-10,16,22-24H,8,11-15,17-21H2,1-7H3. The highest BCUT2D eigenvalue weighted by molar-refractivity contribution is 5.64. The van der Waals surface area contributed by atoms with Gasteiger partial charge in [0.15, 0.2) is 0 Å². The Kier molecular flexibility index (Phi) is 7.36. The summed E-state index contributed by atoms with van der Waals surface area (Å²) < 4.78 is 6.03. The van der Waals surface area contributed by atoms with Gasteiger partial charge < -0.3 is 14.5 Å². The molecular weight excluding hydrogens is 406 g/mol. The minimum Gasteiger partial charge on any atom is -0.372 e. The second kappa shape index (κ2) is 9.77. The topological polar surface area (TPSA) is 19.0 Å². The van der Waals surface area contributed by atoms with Crippen molar-refractivity contribution >= 4 is 11.4 Å². The van der Waals surface area contributed by atoms with Crippen LogP contribution in [0.2, 0.25) is 0 Å². The molecule has 33 heavy (non-hydrogen) atoms. The van der Waals surface area contributed by atoms with Gasteiger partial charge in [0.05, 0.1) is 12.2 Å². The molecule has 4 heteroatoms. The lowest BCUT2D eigenvalue weighted by molar-refractivity contribution is -0.00522. The number of hydrogen-bond donors (Lipinski definition) is 0. The lowest BCUT2D eigenvalue weighted by atomic mass is 9.60. The van der Waals surface area contributed by atoms with Gasteiger partial charge in [-0.3, -0.25) is 4.90 Å². The van der Waals surface area contributed by atoms with E-state index < -0.39 is 0 Å². The molecule has 1 aliphatic carbocycles. The molecular formula is C29H49N3O. The first-order valence-electron chi connectivity index (χ1n) is 13.6. The van der Waals surface area contributed by atoms with Crippen LogP contribution in [0.3, 0.4) is 0 Å². The lowest BCUT2D eigenvalue weighted by Gasteiger charge is -2.47. The van der Waals surface area contributed by atoms with Gasteiger partial charge in [-0.05, 0) is 86.6 Å². The first-order chi connectivity index (χ1) is 15.5. The molecule has 0 radical (unpaired) electrons. The predicted octanol–water partition coefficient (Wildman–Crippen LogP) is 6.15. The molecule has 0 N–H and O–H groups in total. The first-order valence-corrected chi connectivity index (χ1v) is 13.6. The van der Waals surface area contributed by atoms with Crippen molar-refractivity contribution in [3.05, 3.63) is 23.8 Å². The maximum Gasteiger partial charge on any atom is 0.0726 e. The Hall–Kier alpha value is -1.26. The number of nitrogens with zero attached hydrogens (tertiary/aromatic N) is 3. The highest BCUT2D eigenvalue weighted by Crippen LogP contribution is 2.53. The molecule has 2 unspecified atom stereocenters. The number of rotatable bonds is 5. The van der Waals surface area contributed by atoms with Crippen molar-refractivity contribution in [3.8, 4) is 0 Å². The van der Waals surface area contributed by atoms with E-state index in [2.05, 4.69) is 81.4 Å². The summed E-state index contributed by atoms with van der Waals surface area (Å²) >= 11 is 0. The SMILES string of the molecule is CCCN1CCN(c2ccc(N3CC(C)OC(C)C3)cc2C2CC(C)(C)CC(C)(C)C2)CC1. The van der Waals surface area contributed by atoms with Gasteiger partial charge in [-0.1, -0.05) is 34.6 Å². The summed E-state index contributed by atoms with van der Waals surface area (Å²) in [7, 11) is 0. The van der Waals surface area contributed by atoms with Gasteiger partial charge in [0.25, 0.3) is 0 Å². The zero-order chi connectivity index (χ0) is 23.8. The summed E-state index contributed by atoms with van der Waals surface area (Å²) in [5.74, 6) is 0.628. The third-order valence-electron chi connectivity index (χ3n) is 8.04. The number of benzene rings is 1. The van der Waals surface area contributed by atoms with E-state index in [1.807, 2.05) is 0 Å². The fraction of sp³-hybridized carbons (Fsp3) is 0.793. The number of hydrogen-bond acceptors (Lipinski definition) is 4. The predicted molar refractivity (Wildman–Crippen MR) is 142 cm³/mol. The van der Waals surface area contributed by atoms with E-state index in [0.717, 1.165) is 26.2 Å².